The van der Waals surface area contributed by atoms with Gasteiger partial charge in [-0.25, -0.2) is 4.79 Å². The molecule has 1 aromatic rings. The van der Waals surface area contributed by atoms with E-state index >= 15 is 0 Å². The fourth-order valence-electron chi connectivity index (χ4n) is 2.24. The summed E-state index contributed by atoms with van der Waals surface area (Å²) < 4.78 is 5.23. The van der Waals surface area contributed by atoms with E-state index in [4.69, 9.17) is 9.84 Å². The van der Waals surface area contributed by atoms with Crippen molar-refractivity contribution in [2.45, 2.75) is 6.04 Å². The van der Waals surface area contributed by atoms with Crippen LogP contribution in [0.25, 0.3) is 0 Å². The van der Waals surface area contributed by atoms with Gasteiger partial charge >= 0.3 is 5.97 Å². The molecule has 1 aromatic carbocycles. The lowest BCUT2D eigenvalue weighted by Crippen LogP contribution is -2.55. The fraction of sp³-hybridized carbons (Fsp3) is 0.357. The van der Waals surface area contributed by atoms with Crippen LogP contribution in [-0.4, -0.2) is 60.6 Å². The molecule has 1 aliphatic heterocycles. The molecule has 2 rings (SSSR count). The molecule has 7 nitrogen and oxygen atoms in total. The van der Waals surface area contributed by atoms with Crippen molar-refractivity contribution in [1.29, 1.82) is 0 Å². The van der Waals surface area contributed by atoms with Crippen molar-refractivity contribution in [2.24, 2.45) is 0 Å². The zero-order valence-electron chi connectivity index (χ0n) is 11.5. The Morgan fingerprint density at radius 1 is 1.29 bits per heavy atom. The van der Waals surface area contributed by atoms with Gasteiger partial charge in [0.15, 0.2) is 0 Å². The molecule has 1 aliphatic rings. The van der Waals surface area contributed by atoms with Crippen molar-refractivity contribution in [2.75, 3.05) is 26.8 Å². The second-order valence-corrected chi connectivity index (χ2v) is 4.55. The number of morpholine rings is 1. The first-order chi connectivity index (χ1) is 10.1. The molecular weight excluding hydrogens is 276 g/mol. The molecule has 0 aromatic heterocycles. The highest BCUT2D eigenvalue weighted by Crippen LogP contribution is 2.16. The number of benzene rings is 1. The molecule has 7 heteroatoms. The second-order valence-electron chi connectivity index (χ2n) is 4.55. The van der Waals surface area contributed by atoms with E-state index in [-0.39, 0.29) is 30.2 Å². The number of carbonyl (C=O) groups is 3. The minimum absolute atomic E-state index is 0.0702. The summed E-state index contributed by atoms with van der Waals surface area (Å²) in [5.41, 5.74) is -0.00884. The van der Waals surface area contributed by atoms with Gasteiger partial charge in [-0.15, -0.1) is 0 Å². The number of rotatable bonds is 3. The molecule has 0 spiro atoms. The summed E-state index contributed by atoms with van der Waals surface area (Å²) in [6.07, 6.45) is 0. The summed E-state index contributed by atoms with van der Waals surface area (Å²) >= 11 is 0. The zero-order chi connectivity index (χ0) is 15.4. The first kappa shape index (κ1) is 15.0. The number of amides is 2. The van der Waals surface area contributed by atoms with Crippen LogP contribution in [0.3, 0.4) is 0 Å². The normalized spacial score (nSPS) is 18.1. The number of carboxylic acid groups (broad SMARTS) is 1. The van der Waals surface area contributed by atoms with E-state index in [2.05, 4.69) is 5.32 Å². The third-order valence-corrected chi connectivity index (χ3v) is 3.33. The summed E-state index contributed by atoms with van der Waals surface area (Å²) in [4.78, 5) is 37.0. The lowest BCUT2D eigenvalue weighted by Gasteiger charge is -2.34. The molecule has 21 heavy (non-hydrogen) atoms. The maximum absolute atomic E-state index is 12.6. The van der Waals surface area contributed by atoms with Crippen LogP contribution < -0.4 is 5.32 Å². The van der Waals surface area contributed by atoms with Crippen molar-refractivity contribution in [3.05, 3.63) is 35.4 Å². The predicted octanol–water partition coefficient (Wildman–Crippen LogP) is -0.0282. The Morgan fingerprint density at radius 3 is 2.57 bits per heavy atom. The molecule has 1 unspecified atom stereocenters. The van der Waals surface area contributed by atoms with Gasteiger partial charge in [-0.05, 0) is 12.1 Å². The Labute approximate surface area is 121 Å². The molecule has 2 N–H and O–H groups in total. The topological polar surface area (TPSA) is 95.9 Å². The molecule has 0 bridgehead atoms. The second kappa shape index (κ2) is 6.36. The Kier molecular flexibility index (Phi) is 4.54. The first-order valence-electron chi connectivity index (χ1n) is 6.49. The number of nitrogens with zero attached hydrogens (tertiary/aromatic N) is 1. The van der Waals surface area contributed by atoms with Crippen molar-refractivity contribution in [3.63, 3.8) is 0 Å². The molecule has 1 heterocycles. The highest BCUT2D eigenvalue weighted by molar-refractivity contribution is 6.06. The first-order valence-corrected chi connectivity index (χ1v) is 6.49. The standard InChI is InChI=1S/C14H16N2O5/c1-15-12(17)11-8-21-7-6-16(11)13(18)9-4-2-3-5-10(9)14(19)20/h2-5,11H,6-8H2,1H3,(H,15,17)(H,19,20). The predicted molar refractivity (Wildman–Crippen MR) is 73.1 cm³/mol. The number of aromatic carboxylic acids is 1. The highest BCUT2D eigenvalue weighted by Gasteiger charge is 2.34. The van der Waals surface area contributed by atoms with Gasteiger partial charge in [0.05, 0.1) is 24.3 Å². The van der Waals surface area contributed by atoms with Crippen LogP contribution in [0.5, 0.6) is 0 Å². The molecule has 2 amide bonds. The average molecular weight is 292 g/mol. The number of ether oxygens (including phenoxy) is 1. The minimum Gasteiger partial charge on any atom is -0.478 e. The smallest absolute Gasteiger partial charge is 0.336 e. The quantitative estimate of drug-likeness (QED) is 0.815. The van der Waals surface area contributed by atoms with Crippen molar-refractivity contribution < 1.29 is 24.2 Å². The van der Waals surface area contributed by atoms with E-state index in [1.54, 1.807) is 12.1 Å². The molecule has 1 atom stereocenters. The van der Waals surface area contributed by atoms with Gasteiger partial charge in [0.1, 0.15) is 6.04 Å². The maximum atomic E-state index is 12.6. The van der Waals surface area contributed by atoms with Crippen LogP contribution in [0.2, 0.25) is 0 Å². The number of likely N-dealkylation sites (N-methyl/N-ethyl adjacent to an activating group) is 1. The number of carbonyl (C=O) groups excluding carboxylic acids is 2. The Bertz CT molecular complexity index is 572. The van der Waals surface area contributed by atoms with Crippen LogP contribution in [0.4, 0.5) is 0 Å². The van der Waals surface area contributed by atoms with E-state index in [0.717, 1.165) is 0 Å². The highest BCUT2D eigenvalue weighted by atomic mass is 16.5. The van der Waals surface area contributed by atoms with Crippen LogP contribution in [-0.2, 0) is 9.53 Å². The summed E-state index contributed by atoms with van der Waals surface area (Å²) in [6.45, 7) is 0.653. The van der Waals surface area contributed by atoms with Gasteiger partial charge in [0.2, 0.25) is 5.91 Å². The molecule has 0 saturated carbocycles. The largest absolute Gasteiger partial charge is 0.478 e. The van der Waals surface area contributed by atoms with Gasteiger partial charge in [-0.2, -0.15) is 0 Å². The van der Waals surface area contributed by atoms with Gasteiger partial charge in [-0.3, -0.25) is 9.59 Å². The van der Waals surface area contributed by atoms with Crippen molar-refractivity contribution in [3.8, 4) is 0 Å². The third kappa shape index (κ3) is 3.03. The molecule has 1 saturated heterocycles. The molecular formula is C14H16N2O5. The lowest BCUT2D eigenvalue weighted by molar-refractivity contribution is -0.130. The lowest BCUT2D eigenvalue weighted by atomic mass is 10.0. The Balaban J connectivity index is 2.33. The number of hydrogen-bond donors (Lipinski definition) is 2. The molecule has 112 valence electrons. The fourth-order valence-corrected chi connectivity index (χ4v) is 2.24. The monoisotopic (exact) mass is 292 g/mol. The van der Waals surface area contributed by atoms with Gasteiger partial charge in [0, 0.05) is 13.6 Å². The number of hydrogen-bond acceptors (Lipinski definition) is 4. The van der Waals surface area contributed by atoms with Gasteiger partial charge in [-0.1, -0.05) is 12.1 Å². The average Bonchev–Trinajstić information content (AvgIpc) is 2.53. The minimum atomic E-state index is -1.18. The van der Waals surface area contributed by atoms with Crippen LogP contribution >= 0.6 is 0 Å². The van der Waals surface area contributed by atoms with E-state index in [1.807, 2.05) is 0 Å². The summed E-state index contributed by atoms with van der Waals surface area (Å²) in [5.74, 6) is -2.00. The SMILES string of the molecule is CNC(=O)C1COCCN1C(=O)c1ccccc1C(=O)O. The summed E-state index contributed by atoms with van der Waals surface area (Å²) in [6, 6.07) is 5.20. The van der Waals surface area contributed by atoms with Crippen molar-refractivity contribution in [1.82, 2.24) is 10.2 Å². The number of carboxylic acids is 1. The van der Waals surface area contributed by atoms with Crippen LogP contribution in [0, 0.1) is 0 Å². The van der Waals surface area contributed by atoms with E-state index in [0.29, 0.717) is 6.61 Å². The van der Waals surface area contributed by atoms with E-state index < -0.39 is 17.9 Å². The van der Waals surface area contributed by atoms with Gasteiger partial charge < -0.3 is 20.1 Å². The maximum Gasteiger partial charge on any atom is 0.336 e. The van der Waals surface area contributed by atoms with Crippen LogP contribution in [0.15, 0.2) is 24.3 Å². The van der Waals surface area contributed by atoms with Crippen LogP contribution in [0.1, 0.15) is 20.7 Å². The molecule has 1 fully saturated rings. The summed E-state index contributed by atoms with van der Waals surface area (Å²) in [5, 5.41) is 11.6. The number of nitrogens with one attached hydrogen (secondary N) is 1. The Morgan fingerprint density at radius 2 is 1.95 bits per heavy atom. The molecule has 0 radical (unpaired) electrons. The zero-order valence-corrected chi connectivity index (χ0v) is 11.5. The third-order valence-electron chi connectivity index (χ3n) is 3.33. The van der Waals surface area contributed by atoms with Gasteiger partial charge in [0.25, 0.3) is 5.91 Å². The summed E-state index contributed by atoms with van der Waals surface area (Å²) in [7, 11) is 1.48. The van der Waals surface area contributed by atoms with Crippen molar-refractivity contribution >= 4 is 17.8 Å². The van der Waals surface area contributed by atoms with E-state index in [9.17, 15) is 14.4 Å². The Hall–Kier alpha value is -2.41. The van der Waals surface area contributed by atoms with E-state index in [1.165, 1.54) is 24.1 Å². The molecule has 0 aliphatic carbocycles.